The second-order valence-corrected chi connectivity index (χ2v) is 8.87. The summed E-state index contributed by atoms with van der Waals surface area (Å²) in [4.78, 5) is 14.6. The van der Waals surface area contributed by atoms with Crippen molar-refractivity contribution in [3.8, 4) is 0 Å². The SMILES string of the molecule is Cc1ccccc1C(=O)N[C@@H](NC(=S)N1CCCCCC1)C(Cl)(Cl)Cl. The van der Waals surface area contributed by atoms with Gasteiger partial charge < -0.3 is 15.5 Å². The fourth-order valence-electron chi connectivity index (χ4n) is 2.72. The quantitative estimate of drug-likeness (QED) is 0.436. The van der Waals surface area contributed by atoms with Gasteiger partial charge in [0.15, 0.2) is 5.11 Å². The largest absolute Gasteiger partial charge is 0.349 e. The van der Waals surface area contributed by atoms with E-state index < -0.39 is 9.96 Å². The number of aryl methyl sites for hydroxylation is 1. The van der Waals surface area contributed by atoms with Gasteiger partial charge in [0.2, 0.25) is 3.79 Å². The van der Waals surface area contributed by atoms with Gasteiger partial charge in [-0.25, -0.2) is 0 Å². The molecule has 0 spiro atoms. The van der Waals surface area contributed by atoms with E-state index in [1.54, 1.807) is 12.1 Å². The van der Waals surface area contributed by atoms with Gasteiger partial charge in [-0.05, 0) is 43.6 Å². The number of likely N-dealkylation sites (tertiary alicyclic amines) is 1. The lowest BCUT2D eigenvalue weighted by atomic mass is 10.1. The number of hydrogen-bond donors (Lipinski definition) is 2. The number of hydrogen-bond acceptors (Lipinski definition) is 2. The van der Waals surface area contributed by atoms with Crippen LogP contribution >= 0.6 is 47.0 Å². The summed E-state index contributed by atoms with van der Waals surface area (Å²) in [5.41, 5.74) is 1.38. The molecule has 138 valence electrons. The van der Waals surface area contributed by atoms with Crippen molar-refractivity contribution in [2.45, 2.75) is 42.6 Å². The van der Waals surface area contributed by atoms with Crippen LogP contribution in [-0.4, -0.2) is 39.0 Å². The third-order valence-electron chi connectivity index (χ3n) is 4.15. The summed E-state index contributed by atoms with van der Waals surface area (Å²) in [5.74, 6) is -0.319. The number of carbonyl (C=O) groups excluding carboxylic acids is 1. The van der Waals surface area contributed by atoms with Gasteiger partial charge in [0, 0.05) is 18.7 Å². The van der Waals surface area contributed by atoms with Crippen molar-refractivity contribution in [1.82, 2.24) is 15.5 Å². The molecule has 1 aliphatic heterocycles. The number of rotatable bonds is 3. The van der Waals surface area contributed by atoms with E-state index >= 15 is 0 Å². The second kappa shape index (κ2) is 9.26. The summed E-state index contributed by atoms with van der Waals surface area (Å²) in [7, 11) is 0. The monoisotopic (exact) mass is 421 g/mol. The van der Waals surface area contributed by atoms with Crippen molar-refractivity contribution in [2.75, 3.05) is 13.1 Å². The number of thiocarbonyl (C=S) groups is 1. The molecule has 1 aliphatic rings. The average Bonchev–Trinajstić information content (AvgIpc) is 2.83. The first kappa shape index (κ1) is 20.6. The van der Waals surface area contributed by atoms with Crippen LogP contribution < -0.4 is 10.6 Å². The molecule has 0 unspecified atom stereocenters. The number of alkyl halides is 3. The summed E-state index contributed by atoms with van der Waals surface area (Å²) in [6.45, 7) is 3.59. The van der Waals surface area contributed by atoms with Gasteiger partial charge in [-0.2, -0.15) is 0 Å². The molecule has 25 heavy (non-hydrogen) atoms. The highest BCUT2D eigenvalue weighted by molar-refractivity contribution is 7.80. The van der Waals surface area contributed by atoms with Crippen LogP contribution in [0, 0.1) is 6.92 Å². The number of nitrogens with one attached hydrogen (secondary N) is 2. The Morgan fingerprint density at radius 3 is 2.28 bits per heavy atom. The lowest BCUT2D eigenvalue weighted by Gasteiger charge is -2.32. The first-order valence-electron chi connectivity index (χ1n) is 8.27. The van der Waals surface area contributed by atoms with Crippen molar-refractivity contribution in [1.29, 1.82) is 0 Å². The number of amides is 1. The van der Waals surface area contributed by atoms with E-state index in [9.17, 15) is 4.79 Å². The third kappa shape index (κ3) is 6.17. The Kier molecular flexibility index (Phi) is 7.62. The zero-order chi connectivity index (χ0) is 18.4. The van der Waals surface area contributed by atoms with Gasteiger partial charge in [0.25, 0.3) is 5.91 Å². The van der Waals surface area contributed by atoms with Crippen molar-refractivity contribution in [3.63, 3.8) is 0 Å². The number of nitrogens with zero attached hydrogens (tertiary/aromatic N) is 1. The van der Waals surface area contributed by atoms with E-state index in [1.165, 1.54) is 12.8 Å². The van der Waals surface area contributed by atoms with Gasteiger partial charge in [0.05, 0.1) is 0 Å². The molecule has 1 saturated heterocycles. The first-order valence-corrected chi connectivity index (χ1v) is 9.82. The van der Waals surface area contributed by atoms with Gasteiger partial charge in [-0.3, -0.25) is 4.79 Å². The molecule has 1 amide bonds. The van der Waals surface area contributed by atoms with Crippen LogP contribution in [0.2, 0.25) is 0 Å². The molecule has 0 saturated carbocycles. The summed E-state index contributed by atoms with van der Waals surface area (Å²) in [5, 5.41) is 6.23. The zero-order valence-electron chi connectivity index (χ0n) is 14.0. The fourth-order valence-corrected chi connectivity index (χ4v) is 3.35. The van der Waals surface area contributed by atoms with E-state index in [-0.39, 0.29) is 5.91 Å². The highest BCUT2D eigenvalue weighted by Crippen LogP contribution is 2.29. The average molecular weight is 423 g/mol. The Morgan fingerprint density at radius 1 is 1.12 bits per heavy atom. The van der Waals surface area contributed by atoms with Gasteiger partial charge in [-0.15, -0.1) is 0 Å². The van der Waals surface area contributed by atoms with Crippen LogP contribution in [0.1, 0.15) is 41.6 Å². The molecule has 4 nitrogen and oxygen atoms in total. The highest BCUT2D eigenvalue weighted by Gasteiger charge is 2.35. The summed E-state index contributed by atoms with van der Waals surface area (Å²) >= 11 is 23.6. The Hall–Kier alpha value is -0.750. The Bertz CT molecular complexity index is 613. The van der Waals surface area contributed by atoms with Crippen LogP contribution in [0.15, 0.2) is 24.3 Å². The molecule has 2 rings (SSSR count). The zero-order valence-corrected chi connectivity index (χ0v) is 17.1. The minimum atomic E-state index is -1.74. The molecule has 1 atom stereocenters. The summed E-state index contributed by atoms with van der Waals surface area (Å²) in [6, 6.07) is 7.24. The van der Waals surface area contributed by atoms with Crippen molar-refractivity contribution in [3.05, 3.63) is 35.4 Å². The van der Waals surface area contributed by atoms with Gasteiger partial charge >= 0.3 is 0 Å². The molecule has 2 N–H and O–H groups in total. The van der Waals surface area contributed by atoms with E-state index in [2.05, 4.69) is 15.5 Å². The van der Waals surface area contributed by atoms with Crippen molar-refractivity contribution < 1.29 is 4.79 Å². The van der Waals surface area contributed by atoms with Crippen LogP contribution in [0.3, 0.4) is 0 Å². The van der Waals surface area contributed by atoms with E-state index in [0.29, 0.717) is 10.7 Å². The molecular formula is C17H22Cl3N3OS. The molecule has 1 aromatic carbocycles. The third-order valence-corrected chi connectivity index (χ3v) is 5.18. The molecule has 0 bridgehead atoms. The number of carbonyl (C=O) groups is 1. The molecule has 1 heterocycles. The molecule has 1 aromatic rings. The van der Waals surface area contributed by atoms with E-state index in [4.69, 9.17) is 47.0 Å². The van der Waals surface area contributed by atoms with Crippen molar-refractivity contribution >= 4 is 58.0 Å². The lowest BCUT2D eigenvalue weighted by molar-refractivity contribution is 0.0933. The highest BCUT2D eigenvalue weighted by atomic mass is 35.6. The Morgan fingerprint density at radius 2 is 1.72 bits per heavy atom. The normalized spacial score (nSPS) is 16.7. The Balaban J connectivity index is 2.07. The molecule has 1 fully saturated rings. The molecule has 0 radical (unpaired) electrons. The van der Waals surface area contributed by atoms with E-state index in [1.807, 2.05) is 19.1 Å². The van der Waals surface area contributed by atoms with Crippen LogP contribution in [0.25, 0.3) is 0 Å². The topological polar surface area (TPSA) is 44.4 Å². The predicted molar refractivity (Wildman–Crippen MR) is 108 cm³/mol. The first-order chi connectivity index (χ1) is 11.8. The maximum atomic E-state index is 12.6. The fraction of sp³-hybridized carbons (Fsp3) is 0.529. The summed E-state index contributed by atoms with van der Waals surface area (Å²) < 4.78 is -1.74. The smallest absolute Gasteiger partial charge is 0.253 e. The minimum absolute atomic E-state index is 0.319. The molecule has 0 aromatic heterocycles. The lowest BCUT2D eigenvalue weighted by Crippen LogP contribution is -2.58. The van der Waals surface area contributed by atoms with Gasteiger partial charge in [0.1, 0.15) is 6.17 Å². The van der Waals surface area contributed by atoms with Crippen LogP contribution in [-0.2, 0) is 0 Å². The standard InChI is InChI=1S/C17H22Cl3N3OS/c1-12-8-4-5-9-13(12)14(24)21-15(17(18,19)20)22-16(25)23-10-6-2-3-7-11-23/h4-5,8-9,15H,2-3,6-7,10-11H2,1H3,(H,21,24)(H,22,25)/t15-/m0/s1. The van der Waals surface area contributed by atoms with Crippen LogP contribution in [0.5, 0.6) is 0 Å². The molecular weight excluding hydrogens is 401 g/mol. The minimum Gasteiger partial charge on any atom is -0.349 e. The Labute approximate surface area is 169 Å². The summed E-state index contributed by atoms with van der Waals surface area (Å²) in [6.07, 6.45) is 3.61. The van der Waals surface area contributed by atoms with E-state index in [0.717, 1.165) is 31.5 Å². The van der Waals surface area contributed by atoms with Crippen LogP contribution in [0.4, 0.5) is 0 Å². The molecule has 0 aliphatic carbocycles. The maximum absolute atomic E-state index is 12.6. The van der Waals surface area contributed by atoms with Gasteiger partial charge in [-0.1, -0.05) is 65.8 Å². The number of benzene rings is 1. The molecule has 8 heteroatoms. The van der Waals surface area contributed by atoms with Crippen molar-refractivity contribution in [2.24, 2.45) is 0 Å². The predicted octanol–water partition coefficient (Wildman–Crippen LogP) is 4.17. The number of halogens is 3. The maximum Gasteiger partial charge on any atom is 0.253 e. The second-order valence-electron chi connectivity index (χ2n) is 6.11.